The molecule has 144 valence electrons. The van der Waals surface area contributed by atoms with Gasteiger partial charge in [-0.3, -0.25) is 19.2 Å². The number of carbonyl (C=O) groups excluding carboxylic acids is 4. The fourth-order valence-corrected chi connectivity index (χ4v) is 4.81. The Hall–Kier alpha value is -1.82. The van der Waals surface area contributed by atoms with E-state index >= 15 is 0 Å². The molecule has 1 aromatic carbocycles. The quantitative estimate of drug-likeness (QED) is 0.534. The minimum Gasteiger partial charge on any atom is -0.299 e. The summed E-state index contributed by atoms with van der Waals surface area (Å²) in [5.41, 5.74) is -0.237. The fourth-order valence-electron chi connectivity index (χ4n) is 4.45. The maximum Gasteiger partial charge on any atom is 0.238 e. The van der Waals surface area contributed by atoms with Crippen molar-refractivity contribution in [3.8, 4) is 0 Å². The van der Waals surface area contributed by atoms with Gasteiger partial charge in [-0.25, -0.2) is 4.90 Å². The maximum absolute atomic E-state index is 13.3. The number of halogens is 1. The van der Waals surface area contributed by atoms with Gasteiger partial charge < -0.3 is 0 Å². The lowest BCUT2D eigenvalue weighted by Gasteiger charge is -2.30. The van der Waals surface area contributed by atoms with E-state index in [4.69, 9.17) is 0 Å². The summed E-state index contributed by atoms with van der Waals surface area (Å²) in [6.07, 6.45) is 1.14. The molecular formula is C21H24BrNO4. The molecule has 1 aliphatic heterocycles. The highest BCUT2D eigenvalue weighted by atomic mass is 79.9. The predicted octanol–water partition coefficient (Wildman–Crippen LogP) is 3.95. The van der Waals surface area contributed by atoms with Crippen molar-refractivity contribution in [2.45, 2.75) is 58.8 Å². The number of hydrogen-bond donors (Lipinski definition) is 0. The summed E-state index contributed by atoms with van der Waals surface area (Å²) >= 11 is 3.45. The van der Waals surface area contributed by atoms with Gasteiger partial charge in [-0.2, -0.15) is 0 Å². The summed E-state index contributed by atoms with van der Waals surface area (Å²) in [5.74, 6) is -2.18. The molecule has 2 aliphatic rings. The predicted molar refractivity (Wildman–Crippen MR) is 105 cm³/mol. The van der Waals surface area contributed by atoms with E-state index < -0.39 is 17.2 Å². The average Bonchev–Trinajstić information content (AvgIpc) is 3.08. The van der Waals surface area contributed by atoms with Crippen LogP contribution in [0.5, 0.6) is 0 Å². The monoisotopic (exact) mass is 433 g/mol. The second kappa shape index (κ2) is 6.66. The first-order valence-electron chi connectivity index (χ1n) is 9.21. The molecule has 27 heavy (non-hydrogen) atoms. The zero-order valence-electron chi connectivity index (χ0n) is 16.1. The molecule has 5 nitrogen and oxygen atoms in total. The van der Waals surface area contributed by atoms with Crippen LogP contribution in [0.2, 0.25) is 0 Å². The van der Waals surface area contributed by atoms with Gasteiger partial charge in [-0.15, -0.1) is 0 Å². The van der Waals surface area contributed by atoms with Gasteiger partial charge in [-0.05, 0) is 48.9 Å². The van der Waals surface area contributed by atoms with E-state index in [9.17, 15) is 19.2 Å². The standard InChI is InChI=1S/C21H24BrNO4/c1-12(24)21(9-5-6-17(21)25)15-11-18(26)23(19(15)27)16-8-7-13(22)10-14(16)20(2,3)4/h7-8,10,15H,5-6,9,11H2,1-4H3/t15-,21+/m0/s1. The van der Waals surface area contributed by atoms with Crippen molar-refractivity contribution in [2.75, 3.05) is 4.90 Å². The Balaban J connectivity index is 2.09. The molecule has 0 unspecified atom stereocenters. The summed E-state index contributed by atoms with van der Waals surface area (Å²) < 4.78 is 0.859. The molecule has 0 aromatic heterocycles. The third-order valence-corrected chi connectivity index (χ3v) is 6.34. The van der Waals surface area contributed by atoms with Gasteiger partial charge in [0.05, 0.1) is 17.0 Å². The van der Waals surface area contributed by atoms with Gasteiger partial charge in [0, 0.05) is 17.3 Å². The number of imide groups is 1. The van der Waals surface area contributed by atoms with Crippen LogP contribution in [0.3, 0.4) is 0 Å². The first kappa shape index (κ1) is 19.9. The van der Waals surface area contributed by atoms with Gasteiger partial charge in [-0.1, -0.05) is 36.7 Å². The van der Waals surface area contributed by atoms with Crippen LogP contribution in [0.4, 0.5) is 5.69 Å². The topological polar surface area (TPSA) is 71.5 Å². The van der Waals surface area contributed by atoms with E-state index in [1.807, 2.05) is 26.8 Å². The third kappa shape index (κ3) is 3.08. The molecule has 1 aliphatic carbocycles. The molecule has 1 saturated carbocycles. The molecule has 0 spiro atoms. The minimum absolute atomic E-state index is 0.0935. The van der Waals surface area contributed by atoms with Crippen molar-refractivity contribution in [1.29, 1.82) is 0 Å². The second-order valence-electron chi connectivity index (χ2n) is 8.54. The van der Waals surface area contributed by atoms with Crippen LogP contribution >= 0.6 is 15.9 Å². The average molecular weight is 434 g/mol. The highest BCUT2D eigenvalue weighted by Crippen LogP contribution is 2.48. The van der Waals surface area contributed by atoms with E-state index in [1.54, 1.807) is 12.1 Å². The highest BCUT2D eigenvalue weighted by molar-refractivity contribution is 9.10. The normalized spacial score (nSPS) is 26.2. The zero-order chi connectivity index (χ0) is 20.1. The van der Waals surface area contributed by atoms with E-state index in [-0.39, 0.29) is 29.3 Å². The Morgan fingerprint density at radius 3 is 2.41 bits per heavy atom. The number of hydrogen-bond acceptors (Lipinski definition) is 4. The molecule has 6 heteroatoms. The molecule has 2 amide bonds. The molecule has 0 bridgehead atoms. The molecule has 0 radical (unpaired) electrons. The van der Waals surface area contributed by atoms with Crippen LogP contribution in [0.25, 0.3) is 0 Å². The van der Waals surface area contributed by atoms with Crippen LogP contribution in [-0.2, 0) is 24.6 Å². The van der Waals surface area contributed by atoms with Gasteiger partial charge in [0.15, 0.2) is 0 Å². The van der Waals surface area contributed by atoms with Crippen LogP contribution in [0.15, 0.2) is 22.7 Å². The summed E-state index contributed by atoms with van der Waals surface area (Å²) in [7, 11) is 0. The first-order valence-corrected chi connectivity index (χ1v) is 10.0. The van der Waals surface area contributed by atoms with E-state index in [1.165, 1.54) is 11.8 Å². The largest absolute Gasteiger partial charge is 0.299 e. The third-order valence-electron chi connectivity index (χ3n) is 5.85. The summed E-state index contributed by atoms with van der Waals surface area (Å²) in [4.78, 5) is 52.4. The lowest BCUT2D eigenvalue weighted by Crippen LogP contribution is -2.45. The Kier molecular flexibility index (Phi) is 4.91. The van der Waals surface area contributed by atoms with Crippen molar-refractivity contribution in [3.63, 3.8) is 0 Å². The Bertz CT molecular complexity index is 854. The summed E-state index contributed by atoms with van der Waals surface area (Å²) in [6.45, 7) is 7.40. The lowest BCUT2D eigenvalue weighted by molar-refractivity contribution is -0.145. The Morgan fingerprint density at radius 2 is 1.89 bits per heavy atom. The van der Waals surface area contributed by atoms with Crippen molar-refractivity contribution in [1.82, 2.24) is 0 Å². The number of carbonyl (C=O) groups is 4. The Labute approximate surface area is 167 Å². The lowest BCUT2D eigenvalue weighted by atomic mass is 9.69. The number of ketones is 2. The smallest absolute Gasteiger partial charge is 0.238 e. The van der Waals surface area contributed by atoms with E-state index in [0.717, 1.165) is 10.0 Å². The van der Waals surface area contributed by atoms with E-state index in [0.29, 0.717) is 24.9 Å². The maximum atomic E-state index is 13.3. The highest BCUT2D eigenvalue weighted by Gasteiger charge is 2.59. The van der Waals surface area contributed by atoms with Crippen molar-refractivity contribution in [2.24, 2.45) is 11.3 Å². The molecule has 1 aromatic rings. The number of nitrogens with zero attached hydrogens (tertiary/aromatic N) is 1. The zero-order valence-corrected chi connectivity index (χ0v) is 17.7. The van der Waals surface area contributed by atoms with Crippen molar-refractivity contribution >= 4 is 45.0 Å². The van der Waals surface area contributed by atoms with Crippen LogP contribution in [0, 0.1) is 11.3 Å². The molecule has 2 atom stereocenters. The second-order valence-corrected chi connectivity index (χ2v) is 9.46. The molecular weight excluding hydrogens is 410 g/mol. The van der Waals surface area contributed by atoms with Gasteiger partial charge >= 0.3 is 0 Å². The summed E-state index contributed by atoms with van der Waals surface area (Å²) in [5, 5.41) is 0. The van der Waals surface area contributed by atoms with Crippen molar-refractivity contribution < 1.29 is 19.2 Å². The number of benzene rings is 1. The van der Waals surface area contributed by atoms with Crippen LogP contribution < -0.4 is 4.90 Å². The van der Waals surface area contributed by atoms with Gasteiger partial charge in [0.25, 0.3) is 0 Å². The SMILES string of the molecule is CC(=O)[C@@]1([C@H]2CC(=O)N(c3ccc(Br)cc3C(C)(C)C)C2=O)CCCC1=O. The summed E-state index contributed by atoms with van der Waals surface area (Å²) in [6, 6.07) is 5.45. The molecule has 0 N–H and O–H groups in total. The molecule has 2 fully saturated rings. The van der Waals surface area contributed by atoms with E-state index in [2.05, 4.69) is 15.9 Å². The minimum atomic E-state index is -1.33. The number of anilines is 1. The number of rotatable bonds is 3. The van der Waals surface area contributed by atoms with Crippen LogP contribution in [-0.4, -0.2) is 23.4 Å². The van der Waals surface area contributed by atoms with Crippen LogP contribution in [0.1, 0.15) is 58.9 Å². The molecule has 3 rings (SSSR count). The molecule has 1 heterocycles. The van der Waals surface area contributed by atoms with Gasteiger partial charge in [0.2, 0.25) is 11.8 Å². The molecule has 1 saturated heterocycles. The number of amides is 2. The van der Waals surface area contributed by atoms with Gasteiger partial charge in [0.1, 0.15) is 11.6 Å². The fraction of sp³-hybridized carbons (Fsp3) is 0.524. The first-order chi connectivity index (χ1) is 12.5. The number of Topliss-reactive ketones (excluding diaryl/α,β-unsaturated/α-hetero) is 2. The van der Waals surface area contributed by atoms with Crippen molar-refractivity contribution in [3.05, 3.63) is 28.2 Å². The Morgan fingerprint density at radius 1 is 1.22 bits per heavy atom.